The van der Waals surface area contributed by atoms with E-state index in [9.17, 15) is 4.79 Å². The second kappa shape index (κ2) is 12.3. The summed E-state index contributed by atoms with van der Waals surface area (Å²) in [6, 6.07) is 15.1. The number of carbonyl (C=O) groups excluding carboxylic acids is 1. The minimum absolute atomic E-state index is 0.260. The van der Waals surface area contributed by atoms with Crippen LogP contribution < -0.4 is 0 Å². The number of benzene rings is 1. The summed E-state index contributed by atoms with van der Waals surface area (Å²) in [6.07, 6.45) is 7.42. The highest BCUT2D eigenvalue weighted by atomic mass is 16.5. The van der Waals surface area contributed by atoms with Crippen LogP contribution in [0.25, 0.3) is 0 Å². The van der Waals surface area contributed by atoms with Crippen LogP contribution in [0.3, 0.4) is 0 Å². The quantitative estimate of drug-likeness (QED) is 0.588. The zero-order valence-corrected chi connectivity index (χ0v) is 19.9. The molecule has 1 aromatic heterocycles. The molecule has 3 heterocycles. The fourth-order valence-electron chi connectivity index (χ4n) is 5.23. The molecule has 2 saturated heterocycles. The van der Waals surface area contributed by atoms with E-state index in [1.54, 1.807) is 0 Å². The second-order valence-electron chi connectivity index (χ2n) is 9.45. The van der Waals surface area contributed by atoms with E-state index in [1.807, 2.05) is 36.5 Å². The van der Waals surface area contributed by atoms with Crippen molar-refractivity contribution >= 4 is 5.91 Å². The number of likely N-dealkylation sites (N-methyl/N-ethyl adjacent to an activating group) is 1. The number of morpholine rings is 1. The number of nitrogens with zero attached hydrogens (tertiary/aromatic N) is 4. The topological polar surface area (TPSA) is 48.9 Å². The second-order valence-corrected chi connectivity index (χ2v) is 9.45. The molecule has 2 fully saturated rings. The SMILES string of the molecule is CN(CCc1ccccc1)C(=O)CC[C@H]1CN(Cc2cccnc2)CC[C@H]1N1CCOCC1. The number of amides is 1. The summed E-state index contributed by atoms with van der Waals surface area (Å²) in [6.45, 7) is 7.51. The molecule has 0 saturated carbocycles. The molecular weight excluding hydrogens is 412 g/mol. The highest BCUT2D eigenvalue weighted by Crippen LogP contribution is 2.28. The van der Waals surface area contributed by atoms with E-state index >= 15 is 0 Å². The van der Waals surface area contributed by atoms with E-state index in [1.165, 1.54) is 11.1 Å². The van der Waals surface area contributed by atoms with Gasteiger partial charge in [0, 0.05) is 64.6 Å². The Hall–Kier alpha value is -2.28. The van der Waals surface area contributed by atoms with Gasteiger partial charge in [-0.25, -0.2) is 0 Å². The van der Waals surface area contributed by atoms with E-state index in [2.05, 4.69) is 45.1 Å². The summed E-state index contributed by atoms with van der Waals surface area (Å²) in [5, 5.41) is 0. The molecule has 2 aliphatic rings. The summed E-state index contributed by atoms with van der Waals surface area (Å²) < 4.78 is 5.60. The average molecular weight is 451 g/mol. The molecule has 2 atom stereocenters. The monoisotopic (exact) mass is 450 g/mol. The van der Waals surface area contributed by atoms with Gasteiger partial charge in [0.15, 0.2) is 0 Å². The van der Waals surface area contributed by atoms with Crippen molar-refractivity contribution in [3.63, 3.8) is 0 Å². The number of likely N-dealkylation sites (tertiary alicyclic amines) is 1. The predicted octanol–water partition coefficient (Wildman–Crippen LogP) is 3.09. The fraction of sp³-hybridized carbons (Fsp3) is 0.556. The third kappa shape index (κ3) is 7.10. The molecule has 1 aromatic carbocycles. The standard InChI is InChI=1S/C27H38N4O2/c1-29(14-11-23-6-3-2-4-7-23)27(32)10-9-25-22-30(21-24-8-5-13-28-20-24)15-12-26(25)31-16-18-33-19-17-31/h2-8,13,20,25-26H,9-12,14-19,21-22H2,1H3/t25-,26+/m0/s1. The number of ether oxygens (including phenoxy) is 1. The highest BCUT2D eigenvalue weighted by Gasteiger charge is 2.34. The minimum atomic E-state index is 0.260. The fourth-order valence-corrected chi connectivity index (χ4v) is 5.23. The molecule has 178 valence electrons. The van der Waals surface area contributed by atoms with Crippen LogP contribution >= 0.6 is 0 Å². The molecule has 0 spiro atoms. The normalized spacial score (nSPS) is 22.2. The molecule has 4 rings (SSSR count). The lowest BCUT2D eigenvalue weighted by molar-refractivity contribution is -0.130. The first-order valence-corrected chi connectivity index (χ1v) is 12.4. The van der Waals surface area contributed by atoms with Gasteiger partial charge in [0.2, 0.25) is 5.91 Å². The van der Waals surface area contributed by atoms with E-state index < -0.39 is 0 Å². The average Bonchev–Trinajstić information content (AvgIpc) is 2.87. The summed E-state index contributed by atoms with van der Waals surface area (Å²) in [4.78, 5) is 24.3. The van der Waals surface area contributed by atoms with Crippen molar-refractivity contribution in [1.82, 2.24) is 19.7 Å². The third-order valence-electron chi connectivity index (χ3n) is 7.16. The maximum absolute atomic E-state index is 12.9. The number of carbonyl (C=O) groups is 1. The molecule has 1 amide bonds. The van der Waals surface area contributed by atoms with Gasteiger partial charge in [0.25, 0.3) is 0 Å². The molecule has 6 heteroatoms. The molecule has 0 unspecified atom stereocenters. The summed E-state index contributed by atoms with van der Waals surface area (Å²) >= 11 is 0. The van der Waals surface area contributed by atoms with E-state index in [4.69, 9.17) is 4.74 Å². The first-order chi connectivity index (χ1) is 16.2. The third-order valence-corrected chi connectivity index (χ3v) is 7.16. The molecule has 2 aromatic rings. The largest absolute Gasteiger partial charge is 0.379 e. The lowest BCUT2D eigenvalue weighted by Crippen LogP contribution is -2.54. The van der Waals surface area contributed by atoms with Crippen LogP contribution in [0.5, 0.6) is 0 Å². The highest BCUT2D eigenvalue weighted by molar-refractivity contribution is 5.75. The lowest BCUT2D eigenvalue weighted by Gasteiger charge is -2.45. The van der Waals surface area contributed by atoms with Gasteiger partial charge in [-0.05, 0) is 48.9 Å². The maximum atomic E-state index is 12.9. The smallest absolute Gasteiger partial charge is 0.222 e. The van der Waals surface area contributed by atoms with E-state index in [-0.39, 0.29) is 5.91 Å². The minimum Gasteiger partial charge on any atom is -0.379 e. The molecule has 6 nitrogen and oxygen atoms in total. The number of hydrogen-bond donors (Lipinski definition) is 0. The van der Waals surface area contributed by atoms with Crippen molar-refractivity contribution in [2.45, 2.75) is 38.3 Å². The lowest BCUT2D eigenvalue weighted by atomic mass is 9.86. The van der Waals surface area contributed by atoms with Gasteiger partial charge in [-0.15, -0.1) is 0 Å². The molecule has 2 aliphatic heterocycles. The Bertz CT molecular complexity index is 842. The molecule has 33 heavy (non-hydrogen) atoms. The molecule has 0 aliphatic carbocycles. The Kier molecular flexibility index (Phi) is 8.86. The Labute approximate surface area is 198 Å². The van der Waals surface area contributed by atoms with Gasteiger partial charge in [-0.1, -0.05) is 36.4 Å². The van der Waals surface area contributed by atoms with E-state index in [0.717, 1.165) is 71.7 Å². The zero-order valence-electron chi connectivity index (χ0n) is 19.9. The van der Waals surface area contributed by atoms with Crippen LogP contribution in [0.4, 0.5) is 0 Å². The van der Waals surface area contributed by atoms with Crippen molar-refractivity contribution in [2.24, 2.45) is 5.92 Å². The van der Waals surface area contributed by atoms with Gasteiger partial charge in [0.05, 0.1) is 13.2 Å². The van der Waals surface area contributed by atoms with Crippen LogP contribution in [-0.4, -0.2) is 84.6 Å². The Morgan fingerprint density at radius 1 is 1.09 bits per heavy atom. The summed E-state index contributed by atoms with van der Waals surface area (Å²) in [5.41, 5.74) is 2.54. The van der Waals surface area contributed by atoms with Gasteiger partial charge in [-0.2, -0.15) is 0 Å². The molecular formula is C27H38N4O2. The molecule has 0 N–H and O–H groups in total. The van der Waals surface area contributed by atoms with Crippen molar-refractivity contribution in [1.29, 1.82) is 0 Å². The first-order valence-electron chi connectivity index (χ1n) is 12.4. The van der Waals surface area contributed by atoms with Crippen molar-refractivity contribution in [3.8, 4) is 0 Å². The van der Waals surface area contributed by atoms with Crippen molar-refractivity contribution in [3.05, 3.63) is 66.0 Å². The van der Waals surface area contributed by atoms with E-state index in [0.29, 0.717) is 18.4 Å². The van der Waals surface area contributed by atoms with Crippen LogP contribution in [0, 0.1) is 5.92 Å². The van der Waals surface area contributed by atoms with Crippen molar-refractivity contribution in [2.75, 3.05) is 53.0 Å². The molecule has 0 bridgehead atoms. The first kappa shape index (κ1) is 23.9. The number of hydrogen-bond acceptors (Lipinski definition) is 5. The Balaban J connectivity index is 1.32. The Morgan fingerprint density at radius 2 is 1.88 bits per heavy atom. The van der Waals surface area contributed by atoms with Crippen LogP contribution in [-0.2, 0) is 22.5 Å². The van der Waals surface area contributed by atoms with Gasteiger partial charge in [-0.3, -0.25) is 19.6 Å². The predicted molar refractivity (Wildman–Crippen MR) is 131 cm³/mol. The number of aromatic nitrogens is 1. The number of pyridine rings is 1. The maximum Gasteiger partial charge on any atom is 0.222 e. The summed E-state index contributed by atoms with van der Waals surface area (Å²) in [7, 11) is 1.94. The van der Waals surface area contributed by atoms with Crippen LogP contribution in [0.1, 0.15) is 30.4 Å². The zero-order chi connectivity index (χ0) is 22.9. The van der Waals surface area contributed by atoms with Gasteiger partial charge in [0.1, 0.15) is 0 Å². The Morgan fingerprint density at radius 3 is 2.64 bits per heavy atom. The van der Waals surface area contributed by atoms with Crippen LogP contribution in [0.2, 0.25) is 0 Å². The van der Waals surface area contributed by atoms with Gasteiger partial charge < -0.3 is 9.64 Å². The number of rotatable bonds is 9. The van der Waals surface area contributed by atoms with Gasteiger partial charge >= 0.3 is 0 Å². The molecule has 0 radical (unpaired) electrons. The van der Waals surface area contributed by atoms with Crippen molar-refractivity contribution < 1.29 is 9.53 Å². The van der Waals surface area contributed by atoms with Crippen LogP contribution in [0.15, 0.2) is 54.9 Å². The number of piperidine rings is 1. The summed E-state index contributed by atoms with van der Waals surface area (Å²) in [5.74, 6) is 0.760.